The molecule has 2 aromatic rings. The first-order valence-corrected chi connectivity index (χ1v) is 10.3. The standard InChI is InChI=1S/C24H22N2O6/c1-13(27)25-17-11-7-5-9-15(17)19-20-16-10-6-8-12-18(16)26(14(2)28)24(20,22(30)32-4)23(19,25)21(29)31-3/h5-12,19-20H,1-4H3/t19?,20?,23-,24-/m0/s1. The summed E-state index contributed by atoms with van der Waals surface area (Å²) < 4.78 is 10.5. The lowest BCUT2D eigenvalue weighted by Gasteiger charge is -2.63. The molecule has 8 heteroatoms. The number of ether oxygens (including phenoxy) is 2. The maximum atomic E-state index is 13.7. The number of nitrogens with zero attached hydrogens (tertiary/aromatic N) is 2. The number of para-hydroxylation sites is 2. The molecule has 0 aromatic heterocycles. The molecule has 0 radical (unpaired) electrons. The summed E-state index contributed by atoms with van der Waals surface area (Å²) in [5.74, 6) is -3.61. The second-order valence-corrected chi connectivity index (χ2v) is 8.30. The van der Waals surface area contributed by atoms with Crippen LogP contribution in [0.1, 0.15) is 36.8 Å². The quantitative estimate of drug-likeness (QED) is 0.673. The number of rotatable bonds is 2. The highest BCUT2D eigenvalue weighted by molar-refractivity contribution is 6.19. The number of benzene rings is 2. The summed E-state index contributed by atoms with van der Waals surface area (Å²) in [5.41, 5.74) is -1.07. The van der Waals surface area contributed by atoms with Gasteiger partial charge in [0, 0.05) is 37.1 Å². The Labute approximate surface area is 184 Å². The highest BCUT2D eigenvalue weighted by Crippen LogP contribution is 2.76. The molecule has 2 heterocycles. The van der Waals surface area contributed by atoms with E-state index in [4.69, 9.17) is 9.47 Å². The first kappa shape index (κ1) is 20.2. The first-order valence-electron chi connectivity index (χ1n) is 10.3. The minimum atomic E-state index is -1.81. The molecule has 0 bridgehead atoms. The molecule has 4 atom stereocenters. The van der Waals surface area contributed by atoms with Crippen molar-refractivity contribution in [3.05, 3.63) is 59.7 Å². The lowest BCUT2D eigenvalue weighted by Crippen LogP contribution is -2.87. The minimum Gasteiger partial charge on any atom is -0.467 e. The van der Waals surface area contributed by atoms with Gasteiger partial charge in [-0.15, -0.1) is 0 Å². The van der Waals surface area contributed by atoms with Gasteiger partial charge in [0.25, 0.3) is 0 Å². The summed E-state index contributed by atoms with van der Waals surface area (Å²) in [6.45, 7) is 2.67. The SMILES string of the molecule is COC(=O)[C@]12C(c3ccccc3N1C(C)=O)C1c3ccccc3N(C(C)=O)[C@]12C(=O)OC. The Morgan fingerprint density at radius 1 is 0.688 bits per heavy atom. The predicted octanol–water partition coefficient (Wildman–Crippen LogP) is 2.12. The molecule has 2 unspecified atom stereocenters. The van der Waals surface area contributed by atoms with Crippen molar-refractivity contribution in [2.24, 2.45) is 0 Å². The minimum absolute atomic E-state index is 0.438. The van der Waals surface area contributed by atoms with E-state index in [-0.39, 0.29) is 0 Å². The average molecular weight is 434 g/mol. The van der Waals surface area contributed by atoms with E-state index in [0.29, 0.717) is 11.4 Å². The van der Waals surface area contributed by atoms with Gasteiger partial charge in [-0.1, -0.05) is 36.4 Å². The van der Waals surface area contributed by atoms with Gasteiger partial charge in [0.1, 0.15) is 0 Å². The third-order valence-electron chi connectivity index (χ3n) is 7.17. The van der Waals surface area contributed by atoms with Gasteiger partial charge >= 0.3 is 11.9 Å². The number of esters is 2. The molecule has 2 aliphatic heterocycles. The van der Waals surface area contributed by atoms with Crippen molar-refractivity contribution in [2.75, 3.05) is 24.0 Å². The van der Waals surface area contributed by atoms with Crippen LogP contribution in [0.3, 0.4) is 0 Å². The van der Waals surface area contributed by atoms with Crippen LogP contribution < -0.4 is 9.80 Å². The average Bonchev–Trinajstić information content (AvgIpc) is 3.20. The van der Waals surface area contributed by atoms with Crippen LogP contribution >= 0.6 is 0 Å². The second-order valence-electron chi connectivity index (χ2n) is 8.30. The number of hydrogen-bond donors (Lipinski definition) is 0. The van der Waals surface area contributed by atoms with Crippen LogP contribution in [0.4, 0.5) is 11.4 Å². The molecular weight excluding hydrogens is 412 g/mol. The lowest BCUT2D eigenvalue weighted by atomic mass is 9.45. The van der Waals surface area contributed by atoms with Crippen LogP contribution in [0, 0.1) is 0 Å². The number of carbonyl (C=O) groups excluding carboxylic acids is 4. The molecule has 164 valence electrons. The third-order valence-corrected chi connectivity index (χ3v) is 7.17. The maximum absolute atomic E-state index is 13.7. The molecule has 1 fully saturated rings. The topological polar surface area (TPSA) is 93.2 Å². The Hall–Kier alpha value is -3.68. The summed E-state index contributed by atoms with van der Waals surface area (Å²) in [6, 6.07) is 14.4. The molecule has 0 saturated heterocycles. The van der Waals surface area contributed by atoms with Crippen molar-refractivity contribution in [1.82, 2.24) is 0 Å². The maximum Gasteiger partial charge on any atom is 0.336 e. The van der Waals surface area contributed by atoms with Crippen molar-refractivity contribution in [1.29, 1.82) is 0 Å². The molecule has 3 aliphatic rings. The Morgan fingerprint density at radius 2 is 1.03 bits per heavy atom. The summed E-state index contributed by atoms with van der Waals surface area (Å²) >= 11 is 0. The van der Waals surface area contributed by atoms with Gasteiger partial charge in [0.05, 0.1) is 14.2 Å². The number of fused-ring (bicyclic) bond motifs is 8. The van der Waals surface area contributed by atoms with Gasteiger partial charge < -0.3 is 9.47 Å². The fraction of sp³-hybridized carbons (Fsp3) is 0.333. The third kappa shape index (κ3) is 1.86. The normalized spacial score (nSPS) is 28.6. The summed E-state index contributed by atoms with van der Waals surface area (Å²) in [6.07, 6.45) is 0. The first-order chi connectivity index (χ1) is 15.3. The van der Waals surface area contributed by atoms with Crippen molar-refractivity contribution >= 4 is 35.1 Å². The van der Waals surface area contributed by atoms with Gasteiger partial charge in [-0.25, -0.2) is 9.59 Å². The Bertz CT molecular complexity index is 1110. The number of amides is 2. The summed E-state index contributed by atoms with van der Waals surface area (Å²) in [7, 11) is 2.43. The monoisotopic (exact) mass is 434 g/mol. The van der Waals surface area contributed by atoms with Crippen LogP contribution in [0.25, 0.3) is 0 Å². The summed E-state index contributed by atoms with van der Waals surface area (Å²) in [4.78, 5) is 56.2. The van der Waals surface area contributed by atoms with E-state index in [1.165, 1.54) is 37.9 Å². The van der Waals surface area contributed by atoms with E-state index in [1.807, 2.05) is 24.3 Å². The van der Waals surface area contributed by atoms with Crippen LogP contribution in [0.5, 0.6) is 0 Å². The Morgan fingerprint density at radius 3 is 1.34 bits per heavy atom. The fourth-order valence-electron chi connectivity index (χ4n) is 6.47. The Kier molecular flexibility index (Phi) is 4.06. The largest absolute Gasteiger partial charge is 0.467 e. The fourth-order valence-corrected chi connectivity index (χ4v) is 6.47. The zero-order chi connectivity index (χ0) is 23.0. The van der Waals surface area contributed by atoms with Crippen molar-refractivity contribution < 1.29 is 28.7 Å². The second kappa shape index (κ2) is 6.41. The number of carbonyl (C=O) groups is 4. The van der Waals surface area contributed by atoms with E-state index in [9.17, 15) is 19.2 Å². The molecule has 0 N–H and O–H groups in total. The molecule has 8 nitrogen and oxygen atoms in total. The van der Waals surface area contributed by atoms with E-state index < -0.39 is 46.7 Å². The Balaban J connectivity index is 1.96. The van der Waals surface area contributed by atoms with E-state index >= 15 is 0 Å². The molecule has 1 aliphatic carbocycles. The highest BCUT2D eigenvalue weighted by Gasteiger charge is 2.90. The highest BCUT2D eigenvalue weighted by atomic mass is 16.5. The molecule has 2 amide bonds. The van der Waals surface area contributed by atoms with Gasteiger partial charge in [-0.05, 0) is 23.3 Å². The molecule has 1 saturated carbocycles. The number of hydrogen-bond acceptors (Lipinski definition) is 6. The van der Waals surface area contributed by atoms with Crippen LogP contribution in [-0.2, 0) is 28.7 Å². The van der Waals surface area contributed by atoms with Crippen LogP contribution in [0.15, 0.2) is 48.5 Å². The van der Waals surface area contributed by atoms with E-state index in [2.05, 4.69) is 0 Å². The van der Waals surface area contributed by atoms with Gasteiger partial charge in [-0.2, -0.15) is 0 Å². The van der Waals surface area contributed by atoms with Gasteiger partial charge in [0.2, 0.25) is 11.8 Å². The zero-order valence-electron chi connectivity index (χ0n) is 18.1. The van der Waals surface area contributed by atoms with Gasteiger partial charge in [-0.3, -0.25) is 19.4 Å². The molecule has 2 aromatic carbocycles. The summed E-state index contributed by atoms with van der Waals surface area (Å²) in [5, 5.41) is 0. The van der Waals surface area contributed by atoms with E-state index in [0.717, 1.165) is 11.1 Å². The zero-order valence-corrected chi connectivity index (χ0v) is 18.1. The van der Waals surface area contributed by atoms with Crippen molar-refractivity contribution in [3.63, 3.8) is 0 Å². The van der Waals surface area contributed by atoms with Crippen LogP contribution in [0.2, 0.25) is 0 Å². The predicted molar refractivity (Wildman–Crippen MR) is 114 cm³/mol. The number of methoxy groups -OCH3 is 2. The van der Waals surface area contributed by atoms with Crippen molar-refractivity contribution in [3.8, 4) is 0 Å². The smallest absolute Gasteiger partial charge is 0.336 e. The van der Waals surface area contributed by atoms with Crippen LogP contribution in [-0.4, -0.2) is 49.1 Å². The van der Waals surface area contributed by atoms with Gasteiger partial charge in [0.15, 0.2) is 11.1 Å². The molecule has 32 heavy (non-hydrogen) atoms. The number of anilines is 2. The molecule has 5 rings (SSSR count). The van der Waals surface area contributed by atoms with E-state index in [1.54, 1.807) is 24.3 Å². The molecular formula is C24H22N2O6. The van der Waals surface area contributed by atoms with Crippen molar-refractivity contribution in [2.45, 2.75) is 36.8 Å². The lowest BCUT2D eigenvalue weighted by molar-refractivity contribution is -0.175. The molecule has 0 spiro atoms.